The van der Waals surface area contributed by atoms with Gasteiger partial charge in [0.1, 0.15) is 6.54 Å². The van der Waals surface area contributed by atoms with Gasteiger partial charge in [0, 0.05) is 18.0 Å². The third-order valence-corrected chi connectivity index (χ3v) is 2.06. The number of fused-ring (bicyclic) bond motifs is 1. The van der Waals surface area contributed by atoms with Crippen molar-refractivity contribution in [2.45, 2.75) is 5.16 Å². The summed E-state index contributed by atoms with van der Waals surface area (Å²) in [6.07, 6.45) is 1.52. The molecule has 0 aliphatic carbocycles. The minimum Gasteiger partial charge on any atom is -0.275 e. The van der Waals surface area contributed by atoms with Crippen molar-refractivity contribution >= 4 is 11.8 Å². The molecule has 3 nitrogen and oxygen atoms in total. The highest BCUT2D eigenvalue weighted by molar-refractivity contribution is 7.99. The van der Waals surface area contributed by atoms with E-state index in [0.29, 0.717) is 0 Å². The highest BCUT2D eigenvalue weighted by atomic mass is 32.2. The molecular formula is C6H4N2OS. The van der Waals surface area contributed by atoms with E-state index in [2.05, 4.69) is 11.5 Å². The topological polar surface area (TPSA) is 34.9 Å². The molecule has 2 heterocycles. The molecule has 2 rings (SSSR count). The first-order chi connectivity index (χ1) is 4.88. The molecule has 0 N–H and O–H groups in total. The van der Waals surface area contributed by atoms with E-state index in [1.165, 1.54) is 28.6 Å². The molecule has 0 aromatic carbocycles. The molecule has 0 amide bonds. The van der Waals surface area contributed by atoms with Crippen molar-refractivity contribution in [3.8, 4) is 0 Å². The van der Waals surface area contributed by atoms with Gasteiger partial charge in [0.2, 0.25) is 0 Å². The van der Waals surface area contributed by atoms with Gasteiger partial charge in [-0.05, 0) is 0 Å². The lowest BCUT2D eigenvalue weighted by Crippen LogP contribution is -2.16. The fourth-order valence-electron chi connectivity index (χ4n) is 0.800. The van der Waals surface area contributed by atoms with E-state index in [1.807, 2.05) is 0 Å². The second-order valence-corrected chi connectivity index (χ2v) is 2.79. The van der Waals surface area contributed by atoms with Crippen LogP contribution in [0.5, 0.6) is 0 Å². The van der Waals surface area contributed by atoms with Crippen LogP contribution >= 0.6 is 11.8 Å². The predicted molar refractivity (Wildman–Crippen MR) is 37.9 cm³/mol. The van der Waals surface area contributed by atoms with E-state index >= 15 is 0 Å². The van der Waals surface area contributed by atoms with Crippen LogP contribution in [0.25, 0.3) is 0 Å². The number of rotatable bonds is 0. The second-order valence-electron chi connectivity index (χ2n) is 1.85. The SMILES string of the molecule is O=c1ccnc2n1[C]CS2. The highest BCUT2D eigenvalue weighted by Gasteiger charge is 2.12. The molecule has 0 spiro atoms. The van der Waals surface area contributed by atoms with Gasteiger partial charge in [0.15, 0.2) is 5.16 Å². The van der Waals surface area contributed by atoms with Gasteiger partial charge in [0.05, 0.1) is 0 Å². The molecule has 0 saturated carbocycles. The Bertz CT molecular complexity index is 307. The lowest BCUT2D eigenvalue weighted by atomic mass is 10.6. The lowest BCUT2D eigenvalue weighted by molar-refractivity contribution is 0.770. The summed E-state index contributed by atoms with van der Waals surface area (Å²) in [7, 11) is 0. The quantitative estimate of drug-likeness (QED) is 0.499. The van der Waals surface area contributed by atoms with Gasteiger partial charge in [-0.25, -0.2) is 4.98 Å². The molecule has 0 fully saturated rings. The minimum atomic E-state index is -0.0463. The minimum absolute atomic E-state index is 0.0463. The van der Waals surface area contributed by atoms with Gasteiger partial charge in [-0.1, -0.05) is 11.8 Å². The van der Waals surface area contributed by atoms with Crippen molar-refractivity contribution in [2.24, 2.45) is 0 Å². The molecular weight excluding hydrogens is 148 g/mol. The van der Waals surface area contributed by atoms with E-state index in [4.69, 9.17) is 0 Å². The van der Waals surface area contributed by atoms with Gasteiger partial charge < -0.3 is 0 Å². The Morgan fingerprint density at radius 3 is 3.50 bits per heavy atom. The van der Waals surface area contributed by atoms with Gasteiger partial charge in [-0.15, -0.1) is 0 Å². The van der Waals surface area contributed by atoms with Crippen LogP contribution in [0, 0.1) is 6.54 Å². The molecule has 1 aliphatic heterocycles. The monoisotopic (exact) mass is 152 g/mol. The summed E-state index contributed by atoms with van der Waals surface area (Å²) in [6, 6.07) is 1.43. The van der Waals surface area contributed by atoms with Gasteiger partial charge in [0.25, 0.3) is 5.56 Å². The van der Waals surface area contributed by atoms with Crippen LogP contribution in [0.1, 0.15) is 0 Å². The van der Waals surface area contributed by atoms with Crippen molar-refractivity contribution in [3.63, 3.8) is 0 Å². The maximum Gasteiger partial charge on any atom is 0.254 e. The molecule has 1 aliphatic rings. The molecule has 1 aromatic heterocycles. The summed E-state index contributed by atoms with van der Waals surface area (Å²) in [5.74, 6) is 0.728. The molecule has 2 radical (unpaired) electrons. The molecule has 0 atom stereocenters. The van der Waals surface area contributed by atoms with Gasteiger partial charge in [-0.2, -0.15) is 0 Å². The number of thioether (sulfide) groups is 1. The highest BCUT2D eigenvalue weighted by Crippen LogP contribution is 2.20. The van der Waals surface area contributed by atoms with Crippen LogP contribution in [-0.4, -0.2) is 15.3 Å². The van der Waals surface area contributed by atoms with Crippen LogP contribution < -0.4 is 5.56 Å². The van der Waals surface area contributed by atoms with Crippen LogP contribution in [0.2, 0.25) is 0 Å². The summed E-state index contributed by atoms with van der Waals surface area (Å²) in [6.45, 7) is 2.87. The van der Waals surface area contributed by atoms with Crippen molar-refractivity contribution in [1.29, 1.82) is 0 Å². The summed E-state index contributed by atoms with van der Waals surface area (Å²) in [5, 5.41) is 0.743. The van der Waals surface area contributed by atoms with Crippen LogP contribution in [-0.2, 0) is 0 Å². The smallest absolute Gasteiger partial charge is 0.254 e. The maximum atomic E-state index is 11.0. The van der Waals surface area contributed by atoms with E-state index in [9.17, 15) is 4.79 Å². The maximum absolute atomic E-state index is 11.0. The van der Waals surface area contributed by atoms with E-state index in [1.54, 1.807) is 0 Å². The Morgan fingerprint density at radius 2 is 2.70 bits per heavy atom. The first-order valence-corrected chi connectivity index (χ1v) is 3.81. The van der Waals surface area contributed by atoms with E-state index in [0.717, 1.165) is 10.9 Å². The normalized spacial score (nSPS) is 15.2. The number of aromatic nitrogens is 2. The molecule has 0 unspecified atom stereocenters. The van der Waals surface area contributed by atoms with Crippen molar-refractivity contribution in [1.82, 2.24) is 9.55 Å². The summed E-state index contributed by atoms with van der Waals surface area (Å²) in [5.41, 5.74) is -0.0463. The van der Waals surface area contributed by atoms with E-state index < -0.39 is 0 Å². The molecule has 50 valence electrons. The van der Waals surface area contributed by atoms with Gasteiger partial charge >= 0.3 is 0 Å². The first kappa shape index (κ1) is 5.97. The van der Waals surface area contributed by atoms with Crippen LogP contribution in [0.15, 0.2) is 22.2 Å². The number of hydrogen-bond donors (Lipinski definition) is 0. The summed E-state index contributed by atoms with van der Waals surface area (Å²) >= 11 is 1.52. The molecule has 0 saturated heterocycles. The van der Waals surface area contributed by atoms with Crippen molar-refractivity contribution in [3.05, 3.63) is 29.2 Å². The Morgan fingerprint density at radius 1 is 1.80 bits per heavy atom. The number of nitrogens with zero attached hydrogens (tertiary/aromatic N) is 2. The predicted octanol–water partition coefficient (Wildman–Crippen LogP) is 0.236. The molecule has 0 bridgehead atoms. The Labute approximate surface area is 62.1 Å². The molecule has 4 heteroatoms. The molecule has 10 heavy (non-hydrogen) atoms. The van der Waals surface area contributed by atoms with Crippen molar-refractivity contribution in [2.75, 3.05) is 5.75 Å². The molecule has 1 aromatic rings. The largest absolute Gasteiger partial charge is 0.275 e. The van der Waals surface area contributed by atoms with E-state index in [-0.39, 0.29) is 5.56 Å². The number of hydrogen-bond acceptors (Lipinski definition) is 3. The fourth-order valence-corrected chi connectivity index (χ4v) is 1.54. The average Bonchev–Trinajstić information content (AvgIpc) is 2.36. The average molecular weight is 152 g/mol. The van der Waals surface area contributed by atoms with Gasteiger partial charge in [-0.3, -0.25) is 9.36 Å². The fraction of sp³-hybridized carbons (Fsp3) is 0.167. The zero-order valence-electron chi connectivity index (χ0n) is 5.07. The first-order valence-electron chi connectivity index (χ1n) is 2.83. The van der Waals surface area contributed by atoms with Crippen LogP contribution in [0.3, 0.4) is 0 Å². The summed E-state index contributed by atoms with van der Waals surface area (Å²) in [4.78, 5) is 14.9. The summed E-state index contributed by atoms with van der Waals surface area (Å²) < 4.78 is 1.45. The Hall–Kier alpha value is -0.770. The third kappa shape index (κ3) is 0.759. The van der Waals surface area contributed by atoms with Crippen molar-refractivity contribution < 1.29 is 0 Å². The third-order valence-electron chi connectivity index (χ3n) is 1.24. The standard InChI is InChI=1S/C6H4N2OS/c9-5-1-2-7-6-8(5)3-4-10-6/h1-2H,4H2. The Balaban J connectivity index is 2.70. The second kappa shape index (κ2) is 2.12. The zero-order valence-corrected chi connectivity index (χ0v) is 5.89. The van der Waals surface area contributed by atoms with Crippen LogP contribution in [0.4, 0.5) is 0 Å². The Kier molecular flexibility index (Phi) is 1.27. The lowest BCUT2D eigenvalue weighted by Gasteiger charge is -1.94. The zero-order chi connectivity index (χ0) is 6.97.